The fraction of sp³-hybridized carbons (Fsp3) is 0.400. The zero-order chi connectivity index (χ0) is 18.5. The van der Waals surface area contributed by atoms with E-state index in [0.717, 1.165) is 23.3 Å². The van der Waals surface area contributed by atoms with Crippen LogP contribution >= 0.6 is 0 Å². The molecule has 1 aromatic heterocycles. The highest BCUT2D eigenvalue weighted by Crippen LogP contribution is 2.20. The highest BCUT2D eigenvalue weighted by atomic mass is 16.5. The Morgan fingerprint density at radius 1 is 1.04 bits per heavy atom. The van der Waals surface area contributed by atoms with Gasteiger partial charge in [-0.1, -0.05) is 12.1 Å². The Kier molecular flexibility index (Phi) is 5.61. The van der Waals surface area contributed by atoms with Crippen molar-refractivity contribution in [2.75, 3.05) is 32.8 Å². The average Bonchev–Trinajstić information content (AvgIpc) is 3.06. The molecule has 0 saturated carbocycles. The first-order valence-corrected chi connectivity index (χ1v) is 8.86. The van der Waals surface area contributed by atoms with Crippen molar-refractivity contribution in [2.24, 2.45) is 0 Å². The number of furan rings is 1. The summed E-state index contributed by atoms with van der Waals surface area (Å²) in [6, 6.07) is 9.18. The van der Waals surface area contributed by atoms with Crippen molar-refractivity contribution in [3.63, 3.8) is 0 Å². The molecule has 0 atom stereocenters. The van der Waals surface area contributed by atoms with Crippen LogP contribution in [-0.2, 0) is 4.79 Å². The van der Waals surface area contributed by atoms with E-state index in [9.17, 15) is 9.59 Å². The average molecular weight is 356 g/mol. The van der Waals surface area contributed by atoms with E-state index in [1.807, 2.05) is 32.0 Å². The van der Waals surface area contributed by atoms with Gasteiger partial charge in [-0.2, -0.15) is 0 Å². The van der Waals surface area contributed by atoms with Gasteiger partial charge in [0.2, 0.25) is 0 Å². The highest BCUT2D eigenvalue weighted by molar-refractivity contribution is 5.91. The van der Waals surface area contributed by atoms with Gasteiger partial charge in [0, 0.05) is 26.2 Å². The van der Waals surface area contributed by atoms with Gasteiger partial charge in [-0.15, -0.1) is 0 Å². The van der Waals surface area contributed by atoms with Gasteiger partial charge in [-0.05, 0) is 49.6 Å². The molecule has 1 saturated heterocycles. The lowest BCUT2D eigenvalue weighted by Gasteiger charge is -2.22. The Hall–Kier alpha value is -2.76. The smallest absolute Gasteiger partial charge is 0.289 e. The van der Waals surface area contributed by atoms with E-state index in [4.69, 9.17) is 9.15 Å². The van der Waals surface area contributed by atoms with Gasteiger partial charge >= 0.3 is 0 Å². The molecule has 1 aliphatic rings. The Morgan fingerprint density at radius 2 is 1.81 bits per heavy atom. The lowest BCUT2D eigenvalue weighted by Crippen LogP contribution is -2.39. The van der Waals surface area contributed by atoms with Crippen molar-refractivity contribution in [1.82, 2.24) is 9.80 Å². The van der Waals surface area contributed by atoms with E-state index >= 15 is 0 Å². The molecule has 3 rings (SSSR count). The number of carbonyl (C=O) groups excluding carboxylic acids is 2. The predicted octanol–water partition coefficient (Wildman–Crippen LogP) is 2.65. The first-order chi connectivity index (χ1) is 12.6. The van der Waals surface area contributed by atoms with Gasteiger partial charge in [0.15, 0.2) is 12.4 Å². The second-order valence-corrected chi connectivity index (χ2v) is 6.49. The monoisotopic (exact) mass is 356 g/mol. The quantitative estimate of drug-likeness (QED) is 0.845. The van der Waals surface area contributed by atoms with Crippen molar-refractivity contribution in [1.29, 1.82) is 0 Å². The number of benzene rings is 1. The molecule has 0 spiro atoms. The molecule has 1 aliphatic heterocycles. The van der Waals surface area contributed by atoms with Gasteiger partial charge in [0.25, 0.3) is 11.8 Å². The molecule has 0 aliphatic carbocycles. The van der Waals surface area contributed by atoms with E-state index in [1.54, 1.807) is 21.9 Å². The number of carbonyl (C=O) groups is 2. The van der Waals surface area contributed by atoms with Gasteiger partial charge in [0.05, 0.1) is 6.26 Å². The summed E-state index contributed by atoms with van der Waals surface area (Å²) in [6.07, 6.45) is 2.23. The predicted molar refractivity (Wildman–Crippen MR) is 97.2 cm³/mol. The van der Waals surface area contributed by atoms with Gasteiger partial charge in [0.1, 0.15) is 5.75 Å². The maximum absolute atomic E-state index is 12.5. The van der Waals surface area contributed by atoms with E-state index in [2.05, 4.69) is 0 Å². The summed E-state index contributed by atoms with van der Waals surface area (Å²) in [7, 11) is 0. The topological polar surface area (TPSA) is 63.0 Å². The van der Waals surface area contributed by atoms with Crippen LogP contribution in [0.25, 0.3) is 0 Å². The Morgan fingerprint density at radius 3 is 2.58 bits per heavy atom. The van der Waals surface area contributed by atoms with Crippen LogP contribution in [0.4, 0.5) is 0 Å². The Labute approximate surface area is 153 Å². The number of hydrogen-bond donors (Lipinski definition) is 0. The van der Waals surface area contributed by atoms with Crippen LogP contribution in [0.5, 0.6) is 5.75 Å². The summed E-state index contributed by atoms with van der Waals surface area (Å²) >= 11 is 0. The molecular weight excluding hydrogens is 332 g/mol. The van der Waals surface area contributed by atoms with Gasteiger partial charge < -0.3 is 19.0 Å². The molecule has 1 fully saturated rings. The third-order valence-corrected chi connectivity index (χ3v) is 4.77. The fourth-order valence-corrected chi connectivity index (χ4v) is 3.04. The van der Waals surface area contributed by atoms with Gasteiger partial charge in [-0.25, -0.2) is 0 Å². The van der Waals surface area contributed by atoms with Crippen molar-refractivity contribution in [3.8, 4) is 5.75 Å². The molecule has 2 heterocycles. The van der Waals surface area contributed by atoms with E-state index < -0.39 is 0 Å². The zero-order valence-electron chi connectivity index (χ0n) is 15.2. The summed E-state index contributed by atoms with van der Waals surface area (Å²) in [5.74, 6) is 0.889. The molecule has 0 unspecified atom stereocenters. The van der Waals surface area contributed by atoms with Gasteiger partial charge in [-0.3, -0.25) is 9.59 Å². The number of ether oxygens (including phenoxy) is 1. The summed E-state index contributed by atoms with van der Waals surface area (Å²) in [6.45, 7) is 6.24. The fourth-order valence-electron chi connectivity index (χ4n) is 3.04. The van der Waals surface area contributed by atoms with E-state index in [-0.39, 0.29) is 18.4 Å². The lowest BCUT2D eigenvalue weighted by molar-refractivity contribution is -0.133. The molecule has 2 aromatic rings. The van der Waals surface area contributed by atoms with Crippen LogP contribution in [0.3, 0.4) is 0 Å². The Bertz CT molecular complexity index is 770. The third-order valence-electron chi connectivity index (χ3n) is 4.77. The standard InChI is InChI=1S/C20H24N2O4/c1-15-6-3-7-17(16(15)2)26-14-19(23)21-9-5-10-22(12-11-21)20(24)18-8-4-13-25-18/h3-4,6-8,13H,5,9-12,14H2,1-2H3. The number of hydrogen-bond acceptors (Lipinski definition) is 4. The second-order valence-electron chi connectivity index (χ2n) is 6.49. The number of nitrogens with zero attached hydrogens (tertiary/aromatic N) is 2. The van der Waals surface area contributed by atoms with Crippen molar-refractivity contribution >= 4 is 11.8 Å². The molecule has 2 amide bonds. The molecule has 6 nitrogen and oxygen atoms in total. The van der Waals surface area contributed by atoms with Crippen LogP contribution in [0.15, 0.2) is 41.0 Å². The minimum absolute atomic E-state index is 0.0103. The third kappa shape index (κ3) is 4.07. The molecular formula is C20H24N2O4. The highest BCUT2D eigenvalue weighted by Gasteiger charge is 2.24. The van der Waals surface area contributed by atoms with E-state index in [0.29, 0.717) is 31.9 Å². The summed E-state index contributed by atoms with van der Waals surface area (Å²) < 4.78 is 10.9. The molecule has 6 heteroatoms. The molecule has 26 heavy (non-hydrogen) atoms. The summed E-state index contributed by atoms with van der Waals surface area (Å²) in [4.78, 5) is 28.4. The Balaban J connectivity index is 1.54. The zero-order valence-corrected chi connectivity index (χ0v) is 15.2. The SMILES string of the molecule is Cc1cccc(OCC(=O)N2CCCN(C(=O)c3ccco3)CC2)c1C. The normalized spacial score (nSPS) is 14.8. The molecule has 1 aromatic carbocycles. The molecule has 138 valence electrons. The van der Waals surface area contributed by atoms with Crippen LogP contribution in [-0.4, -0.2) is 54.4 Å². The summed E-state index contributed by atoms with van der Waals surface area (Å²) in [5.41, 5.74) is 2.18. The van der Waals surface area contributed by atoms with Crippen LogP contribution in [0.1, 0.15) is 28.1 Å². The van der Waals surface area contributed by atoms with E-state index in [1.165, 1.54) is 6.26 Å². The van der Waals surface area contributed by atoms with Crippen molar-refractivity contribution in [2.45, 2.75) is 20.3 Å². The van der Waals surface area contributed by atoms with Crippen LogP contribution in [0, 0.1) is 13.8 Å². The van der Waals surface area contributed by atoms with Crippen molar-refractivity contribution < 1.29 is 18.7 Å². The second kappa shape index (κ2) is 8.08. The minimum atomic E-state index is -0.129. The van der Waals surface area contributed by atoms with Crippen molar-refractivity contribution in [3.05, 3.63) is 53.5 Å². The lowest BCUT2D eigenvalue weighted by atomic mass is 10.1. The van der Waals surface area contributed by atoms with Crippen LogP contribution in [0.2, 0.25) is 0 Å². The maximum atomic E-state index is 12.5. The first-order valence-electron chi connectivity index (χ1n) is 8.86. The molecule has 0 radical (unpaired) electrons. The molecule has 0 bridgehead atoms. The summed E-state index contributed by atoms with van der Waals surface area (Å²) in [5, 5.41) is 0. The number of rotatable bonds is 4. The van der Waals surface area contributed by atoms with Crippen LogP contribution < -0.4 is 4.74 Å². The minimum Gasteiger partial charge on any atom is -0.483 e. The molecule has 0 N–H and O–H groups in total. The number of aryl methyl sites for hydroxylation is 1. The number of amides is 2. The first kappa shape index (κ1) is 18.0. The largest absolute Gasteiger partial charge is 0.483 e. The maximum Gasteiger partial charge on any atom is 0.289 e.